The largest absolute Gasteiger partial charge is 0.107 e. The zero-order valence-corrected chi connectivity index (χ0v) is 11.1. The lowest BCUT2D eigenvalue weighted by Gasteiger charge is -2.24. The van der Waals surface area contributed by atoms with Crippen LogP contribution in [0, 0.1) is 11.8 Å². The lowest BCUT2D eigenvalue weighted by molar-refractivity contribution is 0.874. The Kier molecular flexibility index (Phi) is 4.79. The van der Waals surface area contributed by atoms with Crippen LogP contribution in [0.25, 0.3) is 0 Å². The van der Waals surface area contributed by atoms with Crippen LogP contribution in [0.1, 0.15) is 27.7 Å². The molecule has 0 aliphatic rings. The molecule has 0 saturated carbocycles. The Morgan fingerprint density at radius 3 is 2.36 bits per heavy atom. The average Bonchev–Trinajstić information content (AvgIpc) is 1.88. The summed E-state index contributed by atoms with van der Waals surface area (Å²) >= 11 is 0. The van der Waals surface area contributed by atoms with Crippen LogP contribution in [0.2, 0.25) is 17.6 Å². The third-order valence-corrected chi connectivity index (χ3v) is 13.8. The van der Waals surface area contributed by atoms with Gasteiger partial charge in [-0.1, -0.05) is 33.4 Å². The molecule has 0 aliphatic carbocycles. The van der Waals surface area contributed by atoms with Crippen LogP contribution < -0.4 is 0 Å². The summed E-state index contributed by atoms with van der Waals surface area (Å²) in [6.07, 6.45) is 0. The first-order chi connectivity index (χ1) is 5.04. The maximum absolute atomic E-state index is 3.35. The summed E-state index contributed by atoms with van der Waals surface area (Å²) in [5, 5.41) is 0.400. The Hall–Kier alpha value is -0.00623. The minimum absolute atomic E-state index is 0.258. The van der Waals surface area contributed by atoms with Crippen molar-refractivity contribution in [2.75, 3.05) is 0 Å². The second-order valence-electron chi connectivity index (χ2n) is 3.79. The number of hydrogen-bond acceptors (Lipinski definition) is 0. The van der Waals surface area contributed by atoms with Crippen molar-refractivity contribution < 1.29 is 0 Å². The summed E-state index contributed by atoms with van der Waals surface area (Å²) in [4.78, 5) is 0. The van der Waals surface area contributed by atoms with Crippen LogP contribution in [-0.2, 0) is 0 Å². The van der Waals surface area contributed by atoms with E-state index in [0.717, 1.165) is 0 Å². The zero-order valence-electron chi connectivity index (χ0n) is 8.49. The first kappa shape index (κ1) is 11.0. The van der Waals surface area contributed by atoms with Crippen molar-refractivity contribution >= 4 is 17.4 Å². The van der Waals surface area contributed by atoms with Crippen molar-refractivity contribution in [3.05, 3.63) is 0 Å². The molecule has 0 aromatic carbocycles. The molecule has 0 spiro atoms. The van der Waals surface area contributed by atoms with Gasteiger partial charge in [0.05, 0.1) is 0 Å². The second-order valence-corrected chi connectivity index (χ2v) is 14.0. The van der Waals surface area contributed by atoms with Crippen molar-refractivity contribution in [3.63, 3.8) is 0 Å². The average molecular weight is 184 g/mol. The summed E-state index contributed by atoms with van der Waals surface area (Å²) in [6.45, 7) is 11.4. The Balaban J connectivity index is 4.12. The molecule has 0 aromatic rings. The summed E-state index contributed by atoms with van der Waals surface area (Å²) in [6, 6.07) is 1.46. The van der Waals surface area contributed by atoms with E-state index in [4.69, 9.17) is 0 Å². The quantitative estimate of drug-likeness (QED) is 0.463. The molecule has 0 rings (SSSR count). The molecule has 0 heterocycles. The van der Waals surface area contributed by atoms with Crippen molar-refractivity contribution in [1.29, 1.82) is 0 Å². The predicted molar refractivity (Wildman–Crippen MR) is 59.5 cm³/mol. The second kappa shape index (κ2) is 4.79. The molecule has 0 radical (unpaired) electrons. The number of hydrogen-bond donors (Lipinski definition) is 0. The van der Waals surface area contributed by atoms with Gasteiger partial charge in [0.15, 0.2) is 0 Å². The van der Waals surface area contributed by atoms with Crippen molar-refractivity contribution in [3.8, 4) is 11.8 Å². The van der Waals surface area contributed by atoms with Crippen LogP contribution >= 0.6 is 0 Å². The Morgan fingerprint density at radius 2 is 2.00 bits per heavy atom. The van der Waals surface area contributed by atoms with Gasteiger partial charge >= 0.3 is 0 Å². The summed E-state index contributed by atoms with van der Waals surface area (Å²) < 4.78 is 0. The maximum Gasteiger partial charge on any atom is 0.0421 e. The molecule has 2 heteroatoms. The van der Waals surface area contributed by atoms with Gasteiger partial charge in [-0.2, -0.15) is 0 Å². The van der Waals surface area contributed by atoms with E-state index in [1.54, 1.807) is 0 Å². The maximum atomic E-state index is 3.35. The topological polar surface area (TPSA) is 0 Å². The van der Waals surface area contributed by atoms with E-state index in [2.05, 4.69) is 39.2 Å². The van der Waals surface area contributed by atoms with Crippen LogP contribution in [0.4, 0.5) is 0 Å². The molecule has 11 heavy (non-hydrogen) atoms. The smallest absolute Gasteiger partial charge is 0.0421 e. The highest BCUT2D eigenvalue weighted by Gasteiger charge is 2.23. The highest BCUT2D eigenvalue weighted by Crippen LogP contribution is 2.26. The van der Waals surface area contributed by atoms with E-state index in [1.165, 1.54) is 6.04 Å². The molecule has 0 nitrogen and oxygen atoms in total. The van der Waals surface area contributed by atoms with Crippen LogP contribution in [0.5, 0.6) is 0 Å². The van der Waals surface area contributed by atoms with Crippen LogP contribution in [0.15, 0.2) is 0 Å². The molecule has 0 amide bonds. The van der Waals surface area contributed by atoms with Crippen LogP contribution in [0.3, 0.4) is 0 Å². The van der Waals surface area contributed by atoms with Crippen molar-refractivity contribution in [1.82, 2.24) is 0 Å². The monoisotopic (exact) mass is 184 g/mol. The minimum Gasteiger partial charge on any atom is -0.107 e. The van der Waals surface area contributed by atoms with Gasteiger partial charge in [-0.05, 0) is 6.92 Å². The van der Waals surface area contributed by atoms with E-state index in [-0.39, 0.29) is 9.04 Å². The fourth-order valence-electron chi connectivity index (χ4n) is 1.24. The fourth-order valence-corrected chi connectivity index (χ4v) is 8.29. The lowest BCUT2D eigenvalue weighted by atomic mass is 10.2. The molecule has 0 aliphatic heterocycles. The fraction of sp³-hybridized carbons (Fsp3) is 0.778. The summed E-state index contributed by atoms with van der Waals surface area (Å²) in [5.74, 6) is 6.41. The van der Waals surface area contributed by atoms with E-state index in [1.807, 2.05) is 6.92 Å². The first-order valence-corrected chi connectivity index (χ1v) is 10.5. The highest BCUT2D eigenvalue weighted by molar-refractivity contribution is 7.13. The van der Waals surface area contributed by atoms with Gasteiger partial charge in [0, 0.05) is 22.4 Å². The SMILES string of the molecule is CC#CC(C)(C)[SiH](C)[SiH2]CC. The van der Waals surface area contributed by atoms with Gasteiger partial charge in [0.25, 0.3) is 0 Å². The van der Waals surface area contributed by atoms with Gasteiger partial charge in [0.1, 0.15) is 0 Å². The molecule has 0 saturated heterocycles. The first-order valence-electron chi connectivity index (χ1n) is 4.48. The highest BCUT2D eigenvalue weighted by atomic mass is 29.2. The summed E-state index contributed by atoms with van der Waals surface area (Å²) in [5.41, 5.74) is 0. The molecule has 0 bridgehead atoms. The molecule has 0 fully saturated rings. The Morgan fingerprint density at radius 1 is 1.45 bits per heavy atom. The molecule has 1 unspecified atom stereocenters. The molecule has 1 atom stereocenters. The molecule has 64 valence electrons. The predicted octanol–water partition coefficient (Wildman–Crippen LogP) is 1.75. The Bertz CT molecular complexity index is 162. The third kappa shape index (κ3) is 3.78. The van der Waals surface area contributed by atoms with Crippen molar-refractivity contribution in [2.45, 2.75) is 45.3 Å². The normalized spacial score (nSPS) is 14.6. The van der Waals surface area contributed by atoms with Gasteiger partial charge in [-0.25, -0.2) is 0 Å². The van der Waals surface area contributed by atoms with Gasteiger partial charge in [0.2, 0.25) is 0 Å². The zero-order chi connectivity index (χ0) is 8.91. The third-order valence-electron chi connectivity index (χ3n) is 2.40. The summed E-state index contributed by atoms with van der Waals surface area (Å²) in [7, 11) is -0.206. The van der Waals surface area contributed by atoms with E-state index in [9.17, 15) is 0 Å². The molecule has 0 N–H and O–H groups in total. The molecular weight excluding hydrogens is 164 g/mol. The van der Waals surface area contributed by atoms with Gasteiger partial charge in [-0.3, -0.25) is 0 Å². The number of rotatable bonds is 3. The van der Waals surface area contributed by atoms with Crippen LogP contribution in [-0.4, -0.2) is 17.4 Å². The van der Waals surface area contributed by atoms with E-state index in [0.29, 0.717) is 5.04 Å². The van der Waals surface area contributed by atoms with E-state index < -0.39 is 8.31 Å². The lowest BCUT2D eigenvalue weighted by Crippen LogP contribution is -2.29. The van der Waals surface area contributed by atoms with E-state index >= 15 is 0 Å². The Labute approximate surface area is 75.0 Å². The van der Waals surface area contributed by atoms with Gasteiger partial charge < -0.3 is 0 Å². The standard InChI is InChI=1S/C9H20Si2/c1-6-8-9(3,4)11(5)10-7-2/h11H,7,10H2,1-5H3. The molecule has 0 aromatic heterocycles. The minimum atomic E-state index is -0.464. The van der Waals surface area contributed by atoms with Crippen molar-refractivity contribution in [2.24, 2.45) is 0 Å². The molecular formula is C9H20Si2. The van der Waals surface area contributed by atoms with Gasteiger partial charge in [-0.15, -0.1) is 11.8 Å².